The molecule has 0 radical (unpaired) electrons. The van der Waals surface area contributed by atoms with Crippen molar-refractivity contribution in [1.82, 2.24) is 20.1 Å². The Morgan fingerprint density at radius 1 is 1.33 bits per heavy atom. The Bertz CT molecular complexity index is 380. The molecule has 1 heterocycles. The molecule has 0 aromatic carbocycles. The predicted octanol–water partition coefficient (Wildman–Crippen LogP) is 2.66. The van der Waals surface area contributed by atoms with Gasteiger partial charge in [-0.2, -0.15) is 5.10 Å². The number of hydrogen-bond acceptors (Lipinski definition) is 4. The fraction of sp³-hybridized carbons (Fsp3) is 0.875. The molecule has 0 bridgehead atoms. The molecule has 0 aliphatic carbocycles. The molecule has 21 heavy (non-hydrogen) atoms. The third kappa shape index (κ3) is 5.75. The van der Waals surface area contributed by atoms with Gasteiger partial charge in [-0.15, -0.1) is 0 Å². The zero-order chi connectivity index (χ0) is 15.6. The molecule has 1 aromatic heterocycles. The van der Waals surface area contributed by atoms with Crippen molar-refractivity contribution in [3.05, 3.63) is 12.2 Å². The molecule has 1 unspecified atom stereocenters. The van der Waals surface area contributed by atoms with Crippen LogP contribution in [0.25, 0.3) is 0 Å². The van der Waals surface area contributed by atoms with Crippen molar-refractivity contribution in [3.8, 4) is 0 Å². The van der Waals surface area contributed by atoms with Gasteiger partial charge in [0.05, 0.1) is 6.61 Å². The smallest absolute Gasteiger partial charge is 0.138 e. The Hall–Kier alpha value is -0.940. The highest BCUT2D eigenvalue weighted by atomic mass is 16.5. The van der Waals surface area contributed by atoms with E-state index in [1.807, 2.05) is 4.68 Å². The molecule has 0 aliphatic heterocycles. The van der Waals surface area contributed by atoms with Gasteiger partial charge < -0.3 is 10.1 Å². The monoisotopic (exact) mass is 296 g/mol. The van der Waals surface area contributed by atoms with E-state index in [4.69, 9.17) is 4.74 Å². The van der Waals surface area contributed by atoms with E-state index in [0.29, 0.717) is 0 Å². The summed E-state index contributed by atoms with van der Waals surface area (Å²) in [6.07, 6.45) is 7.56. The Morgan fingerprint density at radius 3 is 2.76 bits per heavy atom. The molecular formula is C16H32N4O. The third-order valence-electron chi connectivity index (χ3n) is 4.32. The SMILES string of the molecule is CCCCC(CC)(CNCCOC)Cc1ncnn1CC. The number of ether oxygens (including phenoxy) is 1. The summed E-state index contributed by atoms with van der Waals surface area (Å²) in [5.74, 6) is 1.11. The van der Waals surface area contributed by atoms with E-state index in [2.05, 4.69) is 36.2 Å². The first-order chi connectivity index (χ1) is 10.2. The van der Waals surface area contributed by atoms with Crippen molar-refractivity contribution < 1.29 is 4.74 Å². The van der Waals surface area contributed by atoms with Crippen molar-refractivity contribution in [3.63, 3.8) is 0 Å². The van der Waals surface area contributed by atoms with Gasteiger partial charge in [-0.25, -0.2) is 4.98 Å². The van der Waals surface area contributed by atoms with E-state index in [1.165, 1.54) is 19.3 Å². The predicted molar refractivity (Wildman–Crippen MR) is 86.4 cm³/mol. The Morgan fingerprint density at radius 2 is 2.14 bits per heavy atom. The molecule has 122 valence electrons. The van der Waals surface area contributed by atoms with Crippen LogP contribution in [0, 0.1) is 5.41 Å². The Labute approximate surface area is 129 Å². The average molecular weight is 296 g/mol. The van der Waals surface area contributed by atoms with Crippen molar-refractivity contribution in [2.75, 3.05) is 26.8 Å². The van der Waals surface area contributed by atoms with Crippen LogP contribution in [0.3, 0.4) is 0 Å². The Kier molecular flexibility index (Phi) is 8.54. The summed E-state index contributed by atoms with van der Waals surface area (Å²) in [7, 11) is 1.75. The van der Waals surface area contributed by atoms with Gasteiger partial charge in [0.15, 0.2) is 0 Å². The quantitative estimate of drug-likeness (QED) is 0.603. The Balaban J connectivity index is 2.73. The largest absolute Gasteiger partial charge is 0.383 e. The van der Waals surface area contributed by atoms with Crippen molar-refractivity contribution >= 4 is 0 Å². The van der Waals surface area contributed by atoms with Crippen LogP contribution in [0.2, 0.25) is 0 Å². The molecule has 0 fully saturated rings. The van der Waals surface area contributed by atoms with Crippen LogP contribution in [-0.4, -0.2) is 41.6 Å². The minimum atomic E-state index is 0.268. The molecule has 0 spiro atoms. The number of rotatable bonds is 12. The fourth-order valence-corrected chi connectivity index (χ4v) is 2.77. The number of unbranched alkanes of at least 4 members (excludes halogenated alkanes) is 1. The van der Waals surface area contributed by atoms with Crippen LogP contribution in [0.1, 0.15) is 52.3 Å². The lowest BCUT2D eigenvalue weighted by Gasteiger charge is -2.33. The molecule has 0 saturated carbocycles. The lowest BCUT2D eigenvalue weighted by atomic mass is 9.77. The van der Waals surface area contributed by atoms with Gasteiger partial charge in [0.2, 0.25) is 0 Å². The second-order valence-electron chi connectivity index (χ2n) is 5.80. The first-order valence-electron chi connectivity index (χ1n) is 8.27. The van der Waals surface area contributed by atoms with E-state index in [0.717, 1.165) is 44.9 Å². The maximum Gasteiger partial charge on any atom is 0.138 e. The summed E-state index contributed by atoms with van der Waals surface area (Å²) in [5.41, 5.74) is 0.268. The summed E-state index contributed by atoms with van der Waals surface area (Å²) in [6, 6.07) is 0. The van der Waals surface area contributed by atoms with Crippen LogP contribution in [0.5, 0.6) is 0 Å². The van der Waals surface area contributed by atoms with Crippen LogP contribution >= 0.6 is 0 Å². The maximum absolute atomic E-state index is 5.12. The van der Waals surface area contributed by atoms with Gasteiger partial charge >= 0.3 is 0 Å². The molecule has 1 aromatic rings. The summed E-state index contributed by atoms with van der Waals surface area (Å²) in [4.78, 5) is 4.47. The average Bonchev–Trinajstić information content (AvgIpc) is 2.96. The topological polar surface area (TPSA) is 52.0 Å². The van der Waals surface area contributed by atoms with Gasteiger partial charge in [-0.05, 0) is 25.2 Å². The van der Waals surface area contributed by atoms with Gasteiger partial charge in [-0.1, -0.05) is 26.7 Å². The summed E-state index contributed by atoms with van der Waals surface area (Å²) in [5, 5.41) is 7.86. The number of aryl methyl sites for hydroxylation is 1. The molecule has 1 rings (SSSR count). The van der Waals surface area contributed by atoms with Crippen molar-refractivity contribution in [1.29, 1.82) is 0 Å². The summed E-state index contributed by atoms with van der Waals surface area (Å²) in [6.45, 7) is 10.2. The zero-order valence-corrected chi connectivity index (χ0v) is 14.2. The summed E-state index contributed by atoms with van der Waals surface area (Å²) >= 11 is 0. The standard InChI is InChI=1S/C16H32N4O/c1-5-8-9-16(6-2,13-17-10-11-21-4)12-15-18-14-19-20(15)7-3/h14,17H,5-13H2,1-4H3. The number of aromatic nitrogens is 3. The first-order valence-corrected chi connectivity index (χ1v) is 8.27. The van der Waals surface area contributed by atoms with Crippen molar-refractivity contribution in [2.24, 2.45) is 5.41 Å². The fourth-order valence-electron chi connectivity index (χ4n) is 2.77. The van der Waals surface area contributed by atoms with Crippen LogP contribution in [0.15, 0.2) is 6.33 Å². The summed E-state index contributed by atoms with van der Waals surface area (Å²) < 4.78 is 7.14. The highest BCUT2D eigenvalue weighted by molar-refractivity contribution is 4.95. The minimum absolute atomic E-state index is 0.268. The molecular weight excluding hydrogens is 264 g/mol. The number of nitrogens with one attached hydrogen (secondary N) is 1. The van der Waals surface area contributed by atoms with E-state index in [1.54, 1.807) is 13.4 Å². The van der Waals surface area contributed by atoms with Gasteiger partial charge in [0.1, 0.15) is 12.2 Å². The molecule has 5 nitrogen and oxygen atoms in total. The number of nitrogens with zero attached hydrogens (tertiary/aromatic N) is 3. The molecule has 1 atom stereocenters. The molecule has 0 aliphatic rings. The second-order valence-corrected chi connectivity index (χ2v) is 5.80. The normalized spacial score (nSPS) is 14.3. The van der Waals surface area contributed by atoms with Crippen LogP contribution in [-0.2, 0) is 17.7 Å². The third-order valence-corrected chi connectivity index (χ3v) is 4.32. The number of hydrogen-bond donors (Lipinski definition) is 1. The molecule has 5 heteroatoms. The minimum Gasteiger partial charge on any atom is -0.383 e. The van der Waals surface area contributed by atoms with Gasteiger partial charge in [-0.3, -0.25) is 4.68 Å². The molecule has 0 amide bonds. The van der Waals surface area contributed by atoms with Crippen molar-refractivity contribution in [2.45, 2.75) is 59.4 Å². The van der Waals surface area contributed by atoms with E-state index in [9.17, 15) is 0 Å². The van der Waals surface area contributed by atoms with E-state index >= 15 is 0 Å². The maximum atomic E-state index is 5.12. The lowest BCUT2D eigenvalue weighted by Crippen LogP contribution is -2.38. The van der Waals surface area contributed by atoms with Crippen LogP contribution in [0.4, 0.5) is 0 Å². The highest BCUT2D eigenvalue weighted by Gasteiger charge is 2.29. The zero-order valence-electron chi connectivity index (χ0n) is 14.2. The van der Waals surface area contributed by atoms with Crippen LogP contribution < -0.4 is 5.32 Å². The molecule has 0 saturated heterocycles. The second kappa shape index (κ2) is 9.90. The number of methoxy groups -OCH3 is 1. The lowest BCUT2D eigenvalue weighted by molar-refractivity contribution is 0.180. The molecule has 1 N–H and O–H groups in total. The van der Waals surface area contributed by atoms with E-state index < -0.39 is 0 Å². The first kappa shape index (κ1) is 18.1. The van der Waals surface area contributed by atoms with Gasteiger partial charge in [0.25, 0.3) is 0 Å². The highest BCUT2D eigenvalue weighted by Crippen LogP contribution is 2.32. The van der Waals surface area contributed by atoms with E-state index in [-0.39, 0.29) is 5.41 Å². The van der Waals surface area contributed by atoms with Gasteiger partial charge in [0, 0.05) is 33.2 Å².